The molecule has 5 heteroatoms. The molecule has 2 saturated heterocycles. The Balaban J connectivity index is 1.98. The molecule has 112 valence electrons. The van der Waals surface area contributed by atoms with E-state index in [1.54, 1.807) is 0 Å². The van der Waals surface area contributed by atoms with E-state index in [9.17, 15) is 13.2 Å². The first kappa shape index (κ1) is 15.1. The second-order valence-corrected chi connectivity index (χ2v) is 6.56. The molecule has 2 atom stereocenters. The van der Waals surface area contributed by atoms with Crippen molar-refractivity contribution in [1.29, 1.82) is 0 Å². The molecule has 2 unspecified atom stereocenters. The molecule has 0 radical (unpaired) electrons. The summed E-state index contributed by atoms with van der Waals surface area (Å²) in [4.78, 5) is 2.05. The van der Waals surface area contributed by atoms with Gasteiger partial charge in [0.05, 0.1) is 5.92 Å². The van der Waals surface area contributed by atoms with Gasteiger partial charge in [0.15, 0.2) is 0 Å². The summed E-state index contributed by atoms with van der Waals surface area (Å²) in [6.07, 6.45) is -1.98. The van der Waals surface area contributed by atoms with Crippen molar-refractivity contribution in [2.45, 2.75) is 39.3 Å². The van der Waals surface area contributed by atoms with Crippen LogP contribution in [0.25, 0.3) is 0 Å². The molecule has 0 amide bonds. The summed E-state index contributed by atoms with van der Waals surface area (Å²) in [5, 5.41) is 3.38. The van der Waals surface area contributed by atoms with Crippen molar-refractivity contribution in [2.75, 3.05) is 32.7 Å². The molecule has 2 rings (SSSR count). The number of hydrogen-bond donors (Lipinski definition) is 1. The van der Waals surface area contributed by atoms with Crippen molar-refractivity contribution < 1.29 is 13.2 Å². The van der Waals surface area contributed by atoms with Gasteiger partial charge in [-0.3, -0.25) is 0 Å². The average Bonchev–Trinajstić information content (AvgIpc) is 2.78. The smallest absolute Gasteiger partial charge is 0.316 e. The molecule has 0 saturated carbocycles. The topological polar surface area (TPSA) is 15.3 Å². The minimum absolute atomic E-state index is 0.160. The highest BCUT2D eigenvalue weighted by molar-refractivity contribution is 4.94. The highest BCUT2D eigenvalue weighted by atomic mass is 19.4. The first-order chi connectivity index (χ1) is 8.83. The minimum Gasteiger partial charge on any atom is -0.316 e. The molecule has 0 aromatic heterocycles. The van der Waals surface area contributed by atoms with Crippen molar-refractivity contribution in [3.63, 3.8) is 0 Å². The lowest BCUT2D eigenvalue weighted by atomic mass is 9.75. The molecule has 2 aliphatic rings. The fourth-order valence-electron chi connectivity index (χ4n) is 3.49. The zero-order valence-electron chi connectivity index (χ0n) is 11.9. The van der Waals surface area contributed by atoms with Gasteiger partial charge in [-0.15, -0.1) is 0 Å². The standard InChI is InChI=1S/C14H25F3N2/c1-11(2)13(5-6-18-9-13)10-19-7-3-4-12(8-19)14(15,16)17/h11-12,18H,3-10H2,1-2H3. The number of nitrogens with one attached hydrogen (secondary N) is 1. The number of piperidine rings is 1. The highest BCUT2D eigenvalue weighted by Crippen LogP contribution is 2.38. The van der Waals surface area contributed by atoms with E-state index < -0.39 is 12.1 Å². The number of halogens is 3. The summed E-state index contributed by atoms with van der Waals surface area (Å²) < 4.78 is 38.5. The van der Waals surface area contributed by atoms with Crippen LogP contribution >= 0.6 is 0 Å². The van der Waals surface area contributed by atoms with Gasteiger partial charge >= 0.3 is 6.18 Å². The van der Waals surface area contributed by atoms with Crippen LogP contribution in [-0.4, -0.2) is 43.8 Å². The zero-order valence-corrected chi connectivity index (χ0v) is 11.9. The molecule has 2 fully saturated rings. The third kappa shape index (κ3) is 3.43. The van der Waals surface area contributed by atoms with E-state index in [1.165, 1.54) is 0 Å². The SMILES string of the molecule is CC(C)C1(CN2CCCC(C(F)(F)F)C2)CCNC1. The Kier molecular flexibility index (Phi) is 4.45. The number of rotatable bonds is 3. The first-order valence-corrected chi connectivity index (χ1v) is 7.33. The van der Waals surface area contributed by atoms with Crippen molar-refractivity contribution in [3.05, 3.63) is 0 Å². The lowest BCUT2D eigenvalue weighted by molar-refractivity contribution is -0.188. The lowest BCUT2D eigenvalue weighted by Crippen LogP contribution is -2.48. The van der Waals surface area contributed by atoms with Crippen LogP contribution < -0.4 is 5.32 Å². The van der Waals surface area contributed by atoms with Gasteiger partial charge in [-0.1, -0.05) is 13.8 Å². The van der Waals surface area contributed by atoms with Gasteiger partial charge in [0.1, 0.15) is 0 Å². The van der Waals surface area contributed by atoms with Crippen molar-refractivity contribution in [2.24, 2.45) is 17.3 Å². The number of likely N-dealkylation sites (tertiary alicyclic amines) is 1. The van der Waals surface area contributed by atoms with E-state index in [0.717, 1.165) is 32.6 Å². The van der Waals surface area contributed by atoms with E-state index in [0.29, 0.717) is 18.8 Å². The van der Waals surface area contributed by atoms with Crippen LogP contribution in [0.15, 0.2) is 0 Å². The van der Waals surface area contributed by atoms with Gasteiger partial charge in [0, 0.05) is 19.6 Å². The van der Waals surface area contributed by atoms with Crippen LogP contribution in [0.4, 0.5) is 13.2 Å². The molecular weight excluding hydrogens is 253 g/mol. The first-order valence-electron chi connectivity index (χ1n) is 7.33. The minimum atomic E-state index is -4.03. The maximum atomic E-state index is 12.8. The Morgan fingerprint density at radius 2 is 2.11 bits per heavy atom. The predicted molar refractivity (Wildman–Crippen MR) is 70.0 cm³/mol. The quantitative estimate of drug-likeness (QED) is 0.854. The zero-order chi connectivity index (χ0) is 14.1. The van der Waals surface area contributed by atoms with Crippen molar-refractivity contribution >= 4 is 0 Å². The average molecular weight is 278 g/mol. The third-order valence-electron chi connectivity index (χ3n) is 5.01. The summed E-state index contributed by atoms with van der Waals surface area (Å²) >= 11 is 0. The molecular formula is C14H25F3N2. The molecule has 0 aromatic carbocycles. The highest BCUT2D eigenvalue weighted by Gasteiger charge is 2.44. The fraction of sp³-hybridized carbons (Fsp3) is 1.00. The molecule has 0 aliphatic carbocycles. The van der Waals surface area contributed by atoms with Gasteiger partial charge in [-0.05, 0) is 43.7 Å². The second-order valence-electron chi connectivity index (χ2n) is 6.56. The van der Waals surface area contributed by atoms with E-state index >= 15 is 0 Å². The van der Waals surface area contributed by atoms with Gasteiger partial charge < -0.3 is 10.2 Å². The summed E-state index contributed by atoms with van der Waals surface area (Å²) in [6, 6.07) is 0. The van der Waals surface area contributed by atoms with E-state index in [4.69, 9.17) is 0 Å². The maximum absolute atomic E-state index is 12.8. The predicted octanol–water partition coefficient (Wildman–Crippen LogP) is 2.90. The molecule has 0 spiro atoms. The molecule has 1 N–H and O–H groups in total. The molecule has 2 aliphatic heterocycles. The fourth-order valence-corrected chi connectivity index (χ4v) is 3.49. The molecule has 0 aromatic rings. The van der Waals surface area contributed by atoms with Gasteiger partial charge in [-0.25, -0.2) is 0 Å². The monoisotopic (exact) mass is 278 g/mol. The van der Waals surface area contributed by atoms with Gasteiger partial charge in [-0.2, -0.15) is 13.2 Å². The molecule has 2 heterocycles. The Bertz CT molecular complexity index is 296. The number of nitrogens with zero attached hydrogens (tertiary/aromatic N) is 1. The number of hydrogen-bond acceptors (Lipinski definition) is 2. The summed E-state index contributed by atoms with van der Waals surface area (Å²) in [7, 11) is 0. The third-order valence-corrected chi connectivity index (χ3v) is 5.01. The molecule has 0 bridgehead atoms. The Morgan fingerprint density at radius 1 is 1.37 bits per heavy atom. The van der Waals surface area contributed by atoms with Crippen LogP contribution in [0.1, 0.15) is 33.1 Å². The second kappa shape index (κ2) is 5.60. The van der Waals surface area contributed by atoms with Crippen LogP contribution in [0, 0.1) is 17.3 Å². The lowest BCUT2D eigenvalue weighted by Gasteiger charge is -2.41. The summed E-state index contributed by atoms with van der Waals surface area (Å²) in [6.45, 7) is 8.15. The van der Waals surface area contributed by atoms with Gasteiger partial charge in [0.2, 0.25) is 0 Å². The maximum Gasteiger partial charge on any atom is 0.393 e. The van der Waals surface area contributed by atoms with Gasteiger partial charge in [0.25, 0.3) is 0 Å². The summed E-state index contributed by atoms with van der Waals surface area (Å²) in [5.41, 5.74) is 0.160. The Morgan fingerprint density at radius 3 is 2.63 bits per heavy atom. The largest absolute Gasteiger partial charge is 0.393 e. The van der Waals surface area contributed by atoms with E-state index in [1.807, 2.05) is 0 Å². The van der Waals surface area contributed by atoms with E-state index in [2.05, 4.69) is 24.1 Å². The summed E-state index contributed by atoms with van der Waals surface area (Å²) in [5.74, 6) is -0.617. The van der Waals surface area contributed by atoms with Crippen LogP contribution in [0.3, 0.4) is 0 Å². The molecule has 2 nitrogen and oxygen atoms in total. The number of alkyl halides is 3. The van der Waals surface area contributed by atoms with E-state index in [-0.39, 0.29) is 12.0 Å². The van der Waals surface area contributed by atoms with Crippen molar-refractivity contribution in [1.82, 2.24) is 10.2 Å². The Labute approximate surface area is 113 Å². The van der Waals surface area contributed by atoms with Crippen molar-refractivity contribution in [3.8, 4) is 0 Å². The normalized spacial score (nSPS) is 34.1. The van der Waals surface area contributed by atoms with Crippen LogP contribution in [0.2, 0.25) is 0 Å². The Hall–Kier alpha value is -0.290. The van der Waals surface area contributed by atoms with Crippen LogP contribution in [0.5, 0.6) is 0 Å². The molecule has 19 heavy (non-hydrogen) atoms. The van der Waals surface area contributed by atoms with Crippen LogP contribution in [-0.2, 0) is 0 Å².